The Hall–Kier alpha value is -1.46. The topological polar surface area (TPSA) is 39.7 Å². The summed E-state index contributed by atoms with van der Waals surface area (Å²) >= 11 is 0. The summed E-state index contributed by atoms with van der Waals surface area (Å²) in [5.41, 5.74) is 1.35. The second kappa shape index (κ2) is 10.2. The van der Waals surface area contributed by atoms with Crippen LogP contribution in [0.2, 0.25) is 0 Å². The lowest BCUT2D eigenvalue weighted by Gasteiger charge is -2.42. The van der Waals surface area contributed by atoms with Gasteiger partial charge in [-0.15, -0.1) is 0 Å². The number of carbonyl (C=O) groups is 1. The standard InChI is InChI=1S/C22H36N4O/c1-3-4-13-24(2)22(27)20-6-5-14-26(18-20)21-9-15-25(16-10-21)17-19-7-11-23-12-8-19/h7-8,11-12,20-21H,3-6,9-10,13-18H2,1-2H3/t20-/m1/s1. The number of hydrogen-bond donors (Lipinski definition) is 0. The molecule has 150 valence electrons. The van der Waals surface area contributed by atoms with Gasteiger partial charge in [0.15, 0.2) is 0 Å². The van der Waals surface area contributed by atoms with E-state index in [0.29, 0.717) is 11.9 Å². The summed E-state index contributed by atoms with van der Waals surface area (Å²) in [6.07, 6.45) is 10.7. The maximum absolute atomic E-state index is 12.8. The van der Waals surface area contributed by atoms with Gasteiger partial charge in [-0.05, 0) is 69.4 Å². The first-order valence-corrected chi connectivity index (χ1v) is 10.8. The number of amides is 1. The second-order valence-electron chi connectivity index (χ2n) is 8.31. The highest BCUT2D eigenvalue weighted by molar-refractivity contribution is 5.78. The Morgan fingerprint density at radius 2 is 1.93 bits per heavy atom. The number of nitrogens with zero attached hydrogens (tertiary/aromatic N) is 4. The van der Waals surface area contributed by atoms with Crippen molar-refractivity contribution in [3.05, 3.63) is 30.1 Å². The fraction of sp³-hybridized carbons (Fsp3) is 0.727. The number of carbonyl (C=O) groups excluding carboxylic acids is 1. The van der Waals surface area contributed by atoms with E-state index < -0.39 is 0 Å². The summed E-state index contributed by atoms with van der Waals surface area (Å²) < 4.78 is 0. The highest BCUT2D eigenvalue weighted by atomic mass is 16.2. The normalized spacial score (nSPS) is 22.7. The molecule has 3 heterocycles. The number of pyridine rings is 1. The minimum absolute atomic E-state index is 0.204. The van der Waals surface area contributed by atoms with Gasteiger partial charge in [0.2, 0.25) is 5.91 Å². The van der Waals surface area contributed by atoms with Crippen LogP contribution in [0.1, 0.15) is 51.0 Å². The predicted octanol–water partition coefficient (Wildman–Crippen LogP) is 3.02. The average Bonchev–Trinajstić information content (AvgIpc) is 2.73. The lowest BCUT2D eigenvalue weighted by atomic mass is 9.92. The zero-order chi connectivity index (χ0) is 19.1. The van der Waals surface area contributed by atoms with Gasteiger partial charge in [0.1, 0.15) is 0 Å². The van der Waals surface area contributed by atoms with E-state index in [9.17, 15) is 4.79 Å². The highest BCUT2D eigenvalue weighted by Crippen LogP contribution is 2.25. The first kappa shape index (κ1) is 20.3. The van der Waals surface area contributed by atoms with E-state index in [1.54, 1.807) is 0 Å². The van der Waals surface area contributed by atoms with Crippen molar-refractivity contribution in [3.63, 3.8) is 0 Å². The number of likely N-dealkylation sites (tertiary alicyclic amines) is 2. The Morgan fingerprint density at radius 1 is 1.19 bits per heavy atom. The molecule has 0 aliphatic carbocycles. The first-order valence-electron chi connectivity index (χ1n) is 10.8. The molecular weight excluding hydrogens is 336 g/mol. The van der Waals surface area contributed by atoms with Crippen LogP contribution in [0, 0.1) is 5.92 Å². The van der Waals surface area contributed by atoms with Crippen molar-refractivity contribution in [1.82, 2.24) is 19.7 Å². The van der Waals surface area contributed by atoms with Gasteiger partial charge in [0.05, 0.1) is 5.92 Å². The van der Waals surface area contributed by atoms with Gasteiger partial charge >= 0.3 is 0 Å². The molecule has 1 amide bonds. The summed E-state index contributed by atoms with van der Waals surface area (Å²) in [6, 6.07) is 4.87. The van der Waals surface area contributed by atoms with Crippen molar-refractivity contribution >= 4 is 5.91 Å². The smallest absolute Gasteiger partial charge is 0.226 e. The predicted molar refractivity (Wildman–Crippen MR) is 109 cm³/mol. The quantitative estimate of drug-likeness (QED) is 0.738. The third-order valence-corrected chi connectivity index (χ3v) is 6.25. The molecule has 0 N–H and O–H groups in total. The minimum Gasteiger partial charge on any atom is -0.345 e. The first-order chi connectivity index (χ1) is 13.2. The number of rotatable bonds is 7. The molecule has 2 saturated heterocycles. The SMILES string of the molecule is CCCCN(C)C(=O)[C@@H]1CCCN(C2CCN(Cc3ccncc3)CC2)C1. The van der Waals surface area contributed by atoms with E-state index in [0.717, 1.165) is 65.0 Å². The van der Waals surface area contributed by atoms with Gasteiger partial charge in [-0.1, -0.05) is 13.3 Å². The molecule has 0 radical (unpaired) electrons. The van der Waals surface area contributed by atoms with Gasteiger partial charge in [0, 0.05) is 45.1 Å². The molecule has 1 aromatic heterocycles. The Labute approximate surface area is 164 Å². The molecule has 1 aromatic rings. The van der Waals surface area contributed by atoms with Crippen molar-refractivity contribution in [2.45, 2.75) is 58.0 Å². The molecule has 2 aliphatic rings. The molecule has 0 bridgehead atoms. The average molecular weight is 373 g/mol. The Balaban J connectivity index is 1.46. The van der Waals surface area contributed by atoms with E-state index in [4.69, 9.17) is 0 Å². The van der Waals surface area contributed by atoms with Gasteiger partial charge < -0.3 is 4.90 Å². The molecule has 0 aromatic carbocycles. The van der Waals surface area contributed by atoms with Crippen LogP contribution in [0.5, 0.6) is 0 Å². The van der Waals surface area contributed by atoms with Crippen LogP contribution in [0.25, 0.3) is 0 Å². The third kappa shape index (κ3) is 5.76. The number of aromatic nitrogens is 1. The van der Waals surface area contributed by atoms with Crippen LogP contribution in [0.15, 0.2) is 24.5 Å². The zero-order valence-electron chi connectivity index (χ0n) is 17.1. The number of unbranched alkanes of at least 4 members (excludes halogenated alkanes) is 1. The zero-order valence-corrected chi connectivity index (χ0v) is 17.1. The van der Waals surface area contributed by atoms with Crippen molar-refractivity contribution in [3.8, 4) is 0 Å². The van der Waals surface area contributed by atoms with Crippen molar-refractivity contribution < 1.29 is 4.79 Å². The molecule has 5 nitrogen and oxygen atoms in total. The van der Waals surface area contributed by atoms with Crippen LogP contribution in [-0.2, 0) is 11.3 Å². The molecule has 5 heteroatoms. The molecule has 0 unspecified atom stereocenters. The summed E-state index contributed by atoms with van der Waals surface area (Å²) in [7, 11) is 1.98. The summed E-state index contributed by atoms with van der Waals surface area (Å²) in [6.45, 7) is 8.54. The van der Waals surface area contributed by atoms with E-state index in [-0.39, 0.29) is 5.92 Å². The van der Waals surface area contributed by atoms with Crippen LogP contribution >= 0.6 is 0 Å². The fourth-order valence-corrected chi connectivity index (χ4v) is 4.55. The molecule has 1 atom stereocenters. The maximum atomic E-state index is 12.8. The van der Waals surface area contributed by atoms with Crippen LogP contribution < -0.4 is 0 Å². The van der Waals surface area contributed by atoms with E-state index in [2.05, 4.69) is 33.8 Å². The second-order valence-corrected chi connectivity index (χ2v) is 8.31. The van der Waals surface area contributed by atoms with Crippen molar-refractivity contribution in [2.75, 3.05) is 39.8 Å². The van der Waals surface area contributed by atoms with E-state index >= 15 is 0 Å². The monoisotopic (exact) mass is 372 g/mol. The van der Waals surface area contributed by atoms with Gasteiger partial charge in [-0.25, -0.2) is 0 Å². The van der Waals surface area contributed by atoms with Crippen LogP contribution in [0.4, 0.5) is 0 Å². The van der Waals surface area contributed by atoms with Gasteiger partial charge in [0.25, 0.3) is 0 Å². The van der Waals surface area contributed by atoms with Crippen molar-refractivity contribution in [1.29, 1.82) is 0 Å². The molecule has 3 rings (SSSR count). The fourth-order valence-electron chi connectivity index (χ4n) is 4.55. The van der Waals surface area contributed by atoms with Gasteiger partial charge in [-0.3, -0.25) is 19.6 Å². The molecule has 2 fully saturated rings. The lowest BCUT2D eigenvalue weighted by Crippen LogP contribution is -2.50. The molecule has 0 saturated carbocycles. The number of piperidine rings is 2. The molecule has 2 aliphatic heterocycles. The highest BCUT2D eigenvalue weighted by Gasteiger charge is 2.32. The molecule has 27 heavy (non-hydrogen) atoms. The van der Waals surface area contributed by atoms with Gasteiger partial charge in [-0.2, -0.15) is 0 Å². The van der Waals surface area contributed by atoms with Crippen molar-refractivity contribution in [2.24, 2.45) is 5.92 Å². The molecule has 0 spiro atoms. The Morgan fingerprint density at radius 3 is 2.63 bits per heavy atom. The Kier molecular flexibility index (Phi) is 7.65. The minimum atomic E-state index is 0.204. The largest absolute Gasteiger partial charge is 0.345 e. The summed E-state index contributed by atoms with van der Waals surface area (Å²) in [5, 5.41) is 0. The lowest BCUT2D eigenvalue weighted by molar-refractivity contribution is -0.136. The molecular formula is C22H36N4O. The third-order valence-electron chi connectivity index (χ3n) is 6.25. The number of hydrogen-bond acceptors (Lipinski definition) is 4. The van der Waals surface area contributed by atoms with Crippen LogP contribution in [-0.4, -0.2) is 71.4 Å². The van der Waals surface area contributed by atoms with Crippen LogP contribution in [0.3, 0.4) is 0 Å². The van der Waals surface area contributed by atoms with E-state index in [1.807, 2.05) is 24.3 Å². The summed E-state index contributed by atoms with van der Waals surface area (Å²) in [4.78, 5) is 24.0. The van der Waals surface area contributed by atoms with E-state index in [1.165, 1.54) is 18.4 Å². The maximum Gasteiger partial charge on any atom is 0.226 e. The summed E-state index contributed by atoms with van der Waals surface area (Å²) in [5.74, 6) is 0.568. The Bertz CT molecular complexity index is 571.